The zero-order valence-corrected chi connectivity index (χ0v) is 27.7. The number of rotatable bonds is 9. The van der Waals surface area contributed by atoms with E-state index >= 15 is 0 Å². The van der Waals surface area contributed by atoms with E-state index in [0.717, 1.165) is 0 Å². The molecule has 12 heteroatoms. The molecule has 0 N–H and O–H groups in total. The molecule has 42 heavy (non-hydrogen) atoms. The van der Waals surface area contributed by atoms with E-state index in [1.807, 2.05) is 81.9 Å². The Morgan fingerprint density at radius 3 is 0.857 bits per heavy atom. The Labute approximate surface area is 252 Å². The molecular formula is C30H56N4O8. The molecule has 12 nitrogen and oxygen atoms in total. The zero-order chi connectivity index (χ0) is 32.1. The molecule has 1 saturated heterocycles. The lowest BCUT2D eigenvalue weighted by Crippen LogP contribution is -2.50. The van der Waals surface area contributed by atoms with Crippen molar-refractivity contribution in [3.63, 3.8) is 0 Å². The molecule has 0 saturated carbocycles. The molecule has 0 amide bonds. The average molecular weight is 601 g/mol. The minimum absolute atomic E-state index is 0.0762. The van der Waals surface area contributed by atoms with Crippen LogP contribution >= 0.6 is 0 Å². The summed E-state index contributed by atoms with van der Waals surface area (Å²) in [7, 11) is 0. The van der Waals surface area contributed by atoms with Gasteiger partial charge >= 0.3 is 23.9 Å². The maximum Gasteiger partial charge on any atom is 0.320 e. The Kier molecular flexibility index (Phi) is 15.4. The van der Waals surface area contributed by atoms with Gasteiger partial charge in [0.25, 0.3) is 0 Å². The van der Waals surface area contributed by atoms with Crippen LogP contribution in [0.3, 0.4) is 0 Å². The molecule has 0 spiro atoms. The lowest BCUT2D eigenvalue weighted by Gasteiger charge is -2.34. The van der Waals surface area contributed by atoms with Crippen LogP contribution in [-0.2, 0) is 38.1 Å². The third-order valence-electron chi connectivity index (χ3n) is 5.91. The van der Waals surface area contributed by atoms with Crippen LogP contribution in [-0.4, -0.2) is 145 Å². The summed E-state index contributed by atoms with van der Waals surface area (Å²) in [4.78, 5) is 58.5. The van der Waals surface area contributed by atoms with Crippen LogP contribution in [0.25, 0.3) is 0 Å². The van der Waals surface area contributed by atoms with Gasteiger partial charge < -0.3 is 18.9 Å². The summed E-state index contributed by atoms with van der Waals surface area (Å²) in [5.41, 5.74) is -1.84. The van der Waals surface area contributed by atoms with E-state index in [-0.39, 0.29) is 56.7 Å². The van der Waals surface area contributed by atoms with Gasteiger partial charge in [-0.2, -0.15) is 0 Å². The second-order valence-electron chi connectivity index (χ2n) is 13.7. The Bertz CT molecular complexity index is 830. The number of ether oxygens (including phenoxy) is 4. The monoisotopic (exact) mass is 600 g/mol. The Balaban J connectivity index is 3.18. The summed E-state index contributed by atoms with van der Waals surface area (Å²) < 4.78 is 21.9. The highest BCUT2D eigenvalue weighted by atomic mass is 16.6. The van der Waals surface area contributed by atoms with Gasteiger partial charge in [0.1, 0.15) is 16.8 Å². The molecule has 0 aromatic carbocycles. The summed E-state index contributed by atoms with van der Waals surface area (Å²) in [6.45, 7) is 22.7. The number of hydrogen-bond donors (Lipinski definition) is 0. The minimum Gasteiger partial charge on any atom is -0.465 e. The van der Waals surface area contributed by atoms with E-state index in [1.165, 1.54) is 0 Å². The van der Waals surface area contributed by atoms with E-state index in [2.05, 4.69) is 0 Å². The molecule has 0 atom stereocenters. The number of nitrogens with zero attached hydrogens (tertiary/aromatic N) is 4. The molecule has 1 fully saturated rings. The fourth-order valence-electron chi connectivity index (χ4n) is 4.27. The van der Waals surface area contributed by atoms with E-state index in [9.17, 15) is 19.2 Å². The number of carbonyl (C=O) groups excluding carboxylic acids is 4. The summed E-state index contributed by atoms with van der Waals surface area (Å²) in [5, 5.41) is 0. The van der Waals surface area contributed by atoms with E-state index in [1.54, 1.807) is 6.92 Å². The molecule has 1 aliphatic heterocycles. The molecule has 1 heterocycles. The van der Waals surface area contributed by atoms with Crippen molar-refractivity contribution in [1.29, 1.82) is 0 Å². The molecule has 0 aromatic rings. The second kappa shape index (κ2) is 17.1. The van der Waals surface area contributed by atoms with Crippen molar-refractivity contribution in [3.8, 4) is 0 Å². The molecule has 1 rings (SSSR count). The molecule has 244 valence electrons. The van der Waals surface area contributed by atoms with Gasteiger partial charge in [-0.1, -0.05) is 0 Å². The fraction of sp³-hybridized carbons (Fsp3) is 0.867. The second-order valence-corrected chi connectivity index (χ2v) is 13.7. The van der Waals surface area contributed by atoms with Gasteiger partial charge in [0.15, 0.2) is 0 Å². The zero-order valence-electron chi connectivity index (χ0n) is 27.7. The largest absolute Gasteiger partial charge is 0.465 e. The van der Waals surface area contributed by atoms with Crippen molar-refractivity contribution in [3.05, 3.63) is 0 Å². The topological polar surface area (TPSA) is 118 Å². The third-order valence-corrected chi connectivity index (χ3v) is 5.91. The van der Waals surface area contributed by atoms with E-state index in [4.69, 9.17) is 18.9 Å². The maximum atomic E-state index is 12.7. The van der Waals surface area contributed by atoms with Crippen LogP contribution in [0.15, 0.2) is 0 Å². The average Bonchev–Trinajstić information content (AvgIpc) is 2.77. The minimum atomic E-state index is -0.614. The van der Waals surface area contributed by atoms with Crippen LogP contribution in [0.5, 0.6) is 0 Å². The van der Waals surface area contributed by atoms with Crippen LogP contribution in [0.4, 0.5) is 0 Å². The first-order valence-corrected chi connectivity index (χ1v) is 15.0. The Morgan fingerprint density at radius 1 is 0.452 bits per heavy atom. The summed E-state index contributed by atoms with van der Waals surface area (Å²) in [6, 6.07) is 0. The highest BCUT2D eigenvalue weighted by molar-refractivity contribution is 5.73. The molecule has 0 bridgehead atoms. The normalized spacial score (nSPS) is 18.0. The van der Waals surface area contributed by atoms with Crippen molar-refractivity contribution in [2.24, 2.45) is 0 Å². The summed E-state index contributed by atoms with van der Waals surface area (Å²) in [6.07, 6.45) is 0. The van der Waals surface area contributed by atoms with Gasteiger partial charge in [-0.3, -0.25) is 38.8 Å². The highest BCUT2D eigenvalue weighted by Gasteiger charge is 2.26. The van der Waals surface area contributed by atoms with E-state index in [0.29, 0.717) is 52.4 Å². The van der Waals surface area contributed by atoms with Gasteiger partial charge in [-0.05, 0) is 69.2 Å². The first kappa shape index (κ1) is 37.7. The van der Waals surface area contributed by atoms with Crippen molar-refractivity contribution in [2.75, 3.05) is 85.1 Å². The molecule has 1 aliphatic rings. The molecule has 0 aromatic heterocycles. The summed E-state index contributed by atoms with van der Waals surface area (Å²) >= 11 is 0. The predicted molar refractivity (Wildman–Crippen MR) is 160 cm³/mol. The molecule has 0 radical (unpaired) electrons. The molecule has 0 aliphatic carbocycles. The van der Waals surface area contributed by atoms with Crippen LogP contribution in [0.2, 0.25) is 0 Å². The number of carbonyl (C=O) groups is 4. The van der Waals surface area contributed by atoms with Crippen molar-refractivity contribution < 1.29 is 38.1 Å². The molecule has 0 unspecified atom stereocenters. The SMILES string of the molecule is CCOC(=O)CN1CCN(CC(=O)OC(C)(C)C)CCN(CC(=O)OC(C)(C)C)CCN(CC(=O)OC(C)(C)C)CC1. The third kappa shape index (κ3) is 19.0. The molecular weight excluding hydrogens is 544 g/mol. The van der Waals surface area contributed by atoms with Crippen LogP contribution in [0.1, 0.15) is 69.2 Å². The van der Waals surface area contributed by atoms with Crippen LogP contribution < -0.4 is 0 Å². The number of hydrogen-bond acceptors (Lipinski definition) is 12. The van der Waals surface area contributed by atoms with Gasteiger partial charge in [0.05, 0.1) is 32.8 Å². The standard InChI is InChI=1S/C30H56N4O8/c1-11-39-24(35)20-31-12-14-32(21-25(36)40-28(2,3)4)16-18-34(23-27(38)42-30(8,9)10)19-17-33(15-13-31)22-26(37)41-29(5,6)7/h11-23H2,1-10H3. The maximum absolute atomic E-state index is 12.7. The highest BCUT2D eigenvalue weighted by Crippen LogP contribution is 2.11. The fourth-order valence-corrected chi connectivity index (χ4v) is 4.27. The number of esters is 4. The van der Waals surface area contributed by atoms with Gasteiger partial charge in [0.2, 0.25) is 0 Å². The quantitative estimate of drug-likeness (QED) is 0.284. The Morgan fingerprint density at radius 2 is 0.667 bits per heavy atom. The lowest BCUT2D eigenvalue weighted by atomic mass is 10.2. The first-order valence-electron chi connectivity index (χ1n) is 15.0. The summed E-state index contributed by atoms with van der Waals surface area (Å²) in [5.74, 6) is -1.35. The van der Waals surface area contributed by atoms with Crippen molar-refractivity contribution in [1.82, 2.24) is 19.6 Å². The van der Waals surface area contributed by atoms with Crippen molar-refractivity contribution >= 4 is 23.9 Å². The van der Waals surface area contributed by atoms with Gasteiger partial charge in [-0.25, -0.2) is 0 Å². The van der Waals surface area contributed by atoms with Crippen LogP contribution in [0, 0.1) is 0 Å². The van der Waals surface area contributed by atoms with Gasteiger partial charge in [-0.15, -0.1) is 0 Å². The van der Waals surface area contributed by atoms with Crippen molar-refractivity contribution in [2.45, 2.75) is 86.0 Å². The van der Waals surface area contributed by atoms with E-state index < -0.39 is 16.8 Å². The predicted octanol–water partition coefficient (Wildman–Crippen LogP) is 1.80. The smallest absolute Gasteiger partial charge is 0.320 e. The first-order chi connectivity index (χ1) is 19.2. The van der Waals surface area contributed by atoms with Gasteiger partial charge in [0, 0.05) is 52.4 Å². The Hall–Kier alpha value is -2.28. The lowest BCUT2D eigenvalue weighted by molar-refractivity contribution is -0.158.